The van der Waals surface area contributed by atoms with E-state index in [1.165, 1.54) is 10.4 Å². The van der Waals surface area contributed by atoms with Gasteiger partial charge in [-0.15, -0.1) is 11.3 Å². The molecule has 0 aliphatic carbocycles. The Labute approximate surface area is 95.7 Å². The third kappa shape index (κ3) is 4.47. The molecule has 0 spiro atoms. The van der Waals surface area contributed by atoms with Crippen LogP contribution in [0, 0.1) is 12.3 Å². The Hall–Kier alpha value is -0.830. The molecule has 1 N–H and O–H groups in total. The van der Waals surface area contributed by atoms with E-state index in [0.29, 0.717) is 13.0 Å². The fourth-order valence-corrected chi connectivity index (χ4v) is 2.15. The summed E-state index contributed by atoms with van der Waals surface area (Å²) < 4.78 is 0. The van der Waals surface area contributed by atoms with Crippen molar-refractivity contribution in [3.63, 3.8) is 0 Å². The first-order valence-electron chi connectivity index (χ1n) is 5.18. The van der Waals surface area contributed by atoms with E-state index in [-0.39, 0.29) is 11.3 Å². The summed E-state index contributed by atoms with van der Waals surface area (Å²) in [5.74, 6) is 0.135. The number of thiophene rings is 1. The molecule has 1 aromatic heterocycles. The molecule has 1 amide bonds. The maximum Gasteiger partial charge on any atom is 0.220 e. The molecule has 1 rings (SSSR count). The second-order valence-electron chi connectivity index (χ2n) is 5.04. The van der Waals surface area contributed by atoms with E-state index in [9.17, 15) is 4.79 Å². The van der Waals surface area contributed by atoms with Gasteiger partial charge in [0.25, 0.3) is 0 Å². The number of rotatable bonds is 3. The van der Waals surface area contributed by atoms with Crippen LogP contribution in [0.1, 0.15) is 37.6 Å². The van der Waals surface area contributed by atoms with Crippen molar-refractivity contribution >= 4 is 17.2 Å². The summed E-state index contributed by atoms with van der Waals surface area (Å²) in [5, 5.41) is 5.01. The zero-order valence-corrected chi connectivity index (χ0v) is 10.7. The highest BCUT2D eigenvalue weighted by molar-refractivity contribution is 7.10. The average Bonchev–Trinajstić information content (AvgIpc) is 2.44. The largest absolute Gasteiger partial charge is 0.351 e. The van der Waals surface area contributed by atoms with Crippen LogP contribution in [0.5, 0.6) is 0 Å². The zero-order chi connectivity index (χ0) is 11.5. The first kappa shape index (κ1) is 12.2. The molecular formula is C12H19NOS. The highest BCUT2D eigenvalue weighted by Gasteiger charge is 2.15. The number of hydrogen-bond acceptors (Lipinski definition) is 2. The second-order valence-corrected chi connectivity index (χ2v) is 6.04. The van der Waals surface area contributed by atoms with Crippen LogP contribution in [0.2, 0.25) is 0 Å². The average molecular weight is 225 g/mol. The van der Waals surface area contributed by atoms with Gasteiger partial charge in [-0.1, -0.05) is 20.8 Å². The fraction of sp³-hybridized carbons (Fsp3) is 0.583. The van der Waals surface area contributed by atoms with Crippen molar-refractivity contribution in [3.05, 3.63) is 21.9 Å². The molecule has 15 heavy (non-hydrogen) atoms. The number of aryl methyl sites for hydroxylation is 1. The lowest BCUT2D eigenvalue weighted by Gasteiger charge is -2.17. The van der Waals surface area contributed by atoms with Gasteiger partial charge in [0.05, 0.1) is 6.54 Å². The van der Waals surface area contributed by atoms with Crippen molar-refractivity contribution in [1.29, 1.82) is 0 Å². The summed E-state index contributed by atoms with van der Waals surface area (Å²) in [6, 6.07) is 2.08. The van der Waals surface area contributed by atoms with Gasteiger partial charge in [-0.3, -0.25) is 4.79 Å². The fourth-order valence-electron chi connectivity index (χ4n) is 1.31. The minimum absolute atomic E-state index is 0.0641. The van der Waals surface area contributed by atoms with E-state index in [1.807, 2.05) is 0 Å². The lowest BCUT2D eigenvalue weighted by Crippen LogP contribution is -2.26. The first-order valence-corrected chi connectivity index (χ1v) is 6.06. The molecule has 84 valence electrons. The summed E-state index contributed by atoms with van der Waals surface area (Å²) >= 11 is 1.69. The highest BCUT2D eigenvalue weighted by atomic mass is 32.1. The molecule has 0 aromatic carbocycles. The summed E-state index contributed by atoms with van der Waals surface area (Å²) in [6.45, 7) is 8.95. The van der Waals surface area contributed by atoms with E-state index in [1.54, 1.807) is 11.3 Å². The van der Waals surface area contributed by atoms with Crippen molar-refractivity contribution in [2.45, 2.75) is 40.7 Å². The lowest BCUT2D eigenvalue weighted by molar-refractivity contribution is -0.122. The molecule has 0 saturated heterocycles. The number of amides is 1. The first-order chi connectivity index (χ1) is 6.88. The maximum absolute atomic E-state index is 11.6. The smallest absolute Gasteiger partial charge is 0.220 e. The monoisotopic (exact) mass is 225 g/mol. The van der Waals surface area contributed by atoms with E-state index in [0.717, 1.165) is 0 Å². The molecule has 2 nitrogen and oxygen atoms in total. The van der Waals surface area contributed by atoms with Gasteiger partial charge < -0.3 is 5.32 Å². The topological polar surface area (TPSA) is 29.1 Å². The Morgan fingerprint density at radius 2 is 2.13 bits per heavy atom. The van der Waals surface area contributed by atoms with E-state index < -0.39 is 0 Å². The van der Waals surface area contributed by atoms with Gasteiger partial charge in [0, 0.05) is 11.3 Å². The molecule has 0 bridgehead atoms. The van der Waals surface area contributed by atoms with Gasteiger partial charge in [0.2, 0.25) is 5.91 Å². The molecular weight excluding hydrogens is 206 g/mol. The normalized spacial score (nSPS) is 11.5. The molecule has 0 saturated carbocycles. The van der Waals surface area contributed by atoms with Crippen molar-refractivity contribution in [2.24, 2.45) is 5.41 Å². The van der Waals surface area contributed by atoms with Crippen molar-refractivity contribution in [2.75, 3.05) is 0 Å². The number of carbonyl (C=O) groups is 1. The van der Waals surface area contributed by atoms with Crippen molar-refractivity contribution < 1.29 is 4.79 Å². The third-order valence-electron chi connectivity index (χ3n) is 2.11. The van der Waals surface area contributed by atoms with Crippen LogP contribution in [0.4, 0.5) is 0 Å². The predicted octanol–water partition coefficient (Wildman–Crippen LogP) is 3.11. The van der Waals surface area contributed by atoms with Gasteiger partial charge in [-0.2, -0.15) is 0 Å². The predicted molar refractivity (Wildman–Crippen MR) is 65.0 cm³/mol. The zero-order valence-electron chi connectivity index (χ0n) is 9.89. The van der Waals surface area contributed by atoms with Gasteiger partial charge in [-0.05, 0) is 29.3 Å². The van der Waals surface area contributed by atoms with E-state index in [4.69, 9.17) is 0 Å². The Bertz CT molecular complexity index is 336. The summed E-state index contributed by atoms with van der Waals surface area (Å²) in [7, 11) is 0. The number of carbonyl (C=O) groups excluding carboxylic acids is 1. The van der Waals surface area contributed by atoms with Crippen molar-refractivity contribution in [1.82, 2.24) is 5.32 Å². The molecule has 0 atom stereocenters. The summed E-state index contributed by atoms with van der Waals surface area (Å²) in [5.41, 5.74) is 1.32. The SMILES string of the molecule is Cc1ccsc1CNC(=O)CC(C)(C)C. The number of hydrogen-bond donors (Lipinski definition) is 1. The van der Waals surface area contributed by atoms with Crippen molar-refractivity contribution in [3.8, 4) is 0 Å². The summed E-state index contributed by atoms with van der Waals surface area (Å²) in [4.78, 5) is 12.8. The molecule has 1 heterocycles. The van der Waals surface area contributed by atoms with Crippen LogP contribution < -0.4 is 5.32 Å². The molecule has 0 aliphatic rings. The molecule has 0 aliphatic heterocycles. The van der Waals surface area contributed by atoms with Gasteiger partial charge >= 0.3 is 0 Å². The Balaban J connectivity index is 2.38. The van der Waals surface area contributed by atoms with Crippen LogP contribution in [0.3, 0.4) is 0 Å². The third-order valence-corrected chi connectivity index (χ3v) is 3.13. The van der Waals surface area contributed by atoms with Crippen LogP contribution >= 0.6 is 11.3 Å². The Morgan fingerprint density at radius 1 is 1.47 bits per heavy atom. The van der Waals surface area contributed by atoms with Crippen LogP contribution in [0.25, 0.3) is 0 Å². The van der Waals surface area contributed by atoms with E-state index >= 15 is 0 Å². The van der Waals surface area contributed by atoms with Crippen LogP contribution in [-0.2, 0) is 11.3 Å². The lowest BCUT2D eigenvalue weighted by atomic mass is 9.92. The minimum atomic E-state index is 0.0641. The van der Waals surface area contributed by atoms with Gasteiger partial charge in [0.15, 0.2) is 0 Å². The van der Waals surface area contributed by atoms with E-state index in [2.05, 4.69) is 44.5 Å². The molecule has 0 radical (unpaired) electrons. The maximum atomic E-state index is 11.6. The molecule has 0 unspecified atom stereocenters. The number of nitrogens with one attached hydrogen (secondary N) is 1. The molecule has 0 fully saturated rings. The summed E-state index contributed by atoms with van der Waals surface area (Å²) in [6.07, 6.45) is 0.581. The quantitative estimate of drug-likeness (QED) is 0.841. The highest BCUT2D eigenvalue weighted by Crippen LogP contribution is 2.19. The Morgan fingerprint density at radius 3 is 2.60 bits per heavy atom. The minimum Gasteiger partial charge on any atom is -0.351 e. The van der Waals surface area contributed by atoms with Crippen LogP contribution in [-0.4, -0.2) is 5.91 Å². The Kier molecular flexibility index (Phi) is 3.91. The van der Waals surface area contributed by atoms with Gasteiger partial charge in [0.1, 0.15) is 0 Å². The van der Waals surface area contributed by atoms with Crippen LogP contribution in [0.15, 0.2) is 11.4 Å². The molecule has 1 aromatic rings. The standard InChI is InChI=1S/C12H19NOS/c1-9-5-6-15-10(9)8-13-11(14)7-12(2,3)4/h5-6H,7-8H2,1-4H3,(H,13,14). The van der Waals surface area contributed by atoms with Gasteiger partial charge in [-0.25, -0.2) is 0 Å². The second kappa shape index (κ2) is 4.79. The molecule has 3 heteroatoms.